The molecule has 1 aliphatic heterocycles. The van der Waals surface area contributed by atoms with Crippen LogP contribution in [0.2, 0.25) is 18.1 Å². The number of nitrogens with zero attached hydrogens (tertiary/aromatic N) is 3. The molecule has 1 aromatic rings. The Balaban J connectivity index is 2.29. The van der Waals surface area contributed by atoms with Crippen molar-refractivity contribution in [2.24, 2.45) is 13.0 Å². The molecule has 1 saturated heterocycles. The van der Waals surface area contributed by atoms with E-state index in [2.05, 4.69) is 39.0 Å². The van der Waals surface area contributed by atoms with Gasteiger partial charge >= 0.3 is 5.97 Å². The minimum Gasteiger partial charge on any atom is -0.478 e. The summed E-state index contributed by atoms with van der Waals surface area (Å²) in [6.07, 6.45) is -1.94. The van der Waals surface area contributed by atoms with Crippen molar-refractivity contribution in [3.05, 3.63) is 17.5 Å². The number of Topliss-reactive ketones (excluding diaryl/α,β-unsaturated/α-hetero) is 1. The lowest BCUT2D eigenvalue weighted by Gasteiger charge is -2.51. The second-order valence-electron chi connectivity index (χ2n) is 9.76. The van der Waals surface area contributed by atoms with Crippen LogP contribution in [0.5, 0.6) is 0 Å². The molecule has 0 aliphatic carbocycles. The summed E-state index contributed by atoms with van der Waals surface area (Å²) in [4.78, 5) is 37.9. The second-order valence-corrected chi connectivity index (χ2v) is 14.5. The third kappa shape index (κ3) is 4.91. The summed E-state index contributed by atoms with van der Waals surface area (Å²) < 4.78 is 7.98. The van der Waals surface area contributed by atoms with Crippen LogP contribution in [0.25, 0.3) is 0 Å². The summed E-state index contributed by atoms with van der Waals surface area (Å²) in [6, 6.07) is 0.920. The molecule has 0 spiro atoms. The first-order valence-electron chi connectivity index (χ1n) is 10.6. The van der Waals surface area contributed by atoms with Crippen LogP contribution in [0, 0.1) is 5.92 Å². The summed E-state index contributed by atoms with van der Waals surface area (Å²) >= 11 is 0. The highest BCUT2D eigenvalue weighted by molar-refractivity contribution is 6.74. The van der Waals surface area contributed by atoms with Crippen LogP contribution in [0.1, 0.15) is 57.2 Å². The van der Waals surface area contributed by atoms with E-state index in [0.29, 0.717) is 6.42 Å². The summed E-state index contributed by atoms with van der Waals surface area (Å²) in [5.41, 5.74) is 1.15. The highest BCUT2D eigenvalue weighted by atomic mass is 28.4. The maximum Gasteiger partial charge on any atom is 0.354 e. The normalized spacial score (nSPS) is 21.6. The maximum absolute atomic E-state index is 12.9. The van der Waals surface area contributed by atoms with Gasteiger partial charge in [0.05, 0.1) is 18.1 Å². The lowest BCUT2D eigenvalue weighted by molar-refractivity contribution is -0.193. The number of aliphatic hydroxyl groups excluding tert-OH is 1. The van der Waals surface area contributed by atoms with E-state index in [4.69, 9.17) is 4.43 Å². The smallest absolute Gasteiger partial charge is 0.354 e. The molecule has 4 atom stereocenters. The molecule has 0 bridgehead atoms. The predicted octanol–water partition coefficient (Wildman–Crippen LogP) is 2.20. The first-order valence-corrected chi connectivity index (χ1v) is 13.5. The number of aryl methyl sites for hydroxylation is 2. The number of carboxylic acid groups (broad SMARTS) is 1. The van der Waals surface area contributed by atoms with Crippen LogP contribution in [-0.2, 0) is 27.5 Å². The average molecular weight is 454 g/mol. The molecule has 0 radical (unpaired) electrons. The highest BCUT2D eigenvalue weighted by Crippen LogP contribution is 2.41. The molecule has 2 N–H and O–H groups in total. The zero-order valence-electron chi connectivity index (χ0n) is 19.7. The van der Waals surface area contributed by atoms with E-state index in [1.807, 2.05) is 6.92 Å². The van der Waals surface area contributed by atoms with Gasteiger partial charge in [0, 0.05) is 19.2 Å². The molecule has 10 heteroatoms. The van der Waals surface area contributed by atoms with E-state index in [1.165, 1.54) is 0 Å². The fourth-order valence-electron chi connectivity index (χ4n) is 3.73. The predicted molar refractivity (Wildman–Crippen MR) is 117 cm³/mol. The first kappa shape index (κ1) is 25.2. The van der Waals surface area contributed by atoms with Gasteiger partial charge in [0.2, 0.25) is 12.1 Å². The zero-order chi connectivity index (χ0) is 23.9. The van der Waals surface area contributed by atoms with Crippen molar-refractivity contribution >= 4 is 26.0 Å². The highest BCUT2D eigenvalue weighted by Gasteiger charge is 2.56. The van der Waals surface area contributed by atoms with Crippen molar-refractivity contribution < 1.29 is 29.0 Å². The van der Waals surface area contributed by atoms with Gasteiger partial charge < -0.3 is 19.5 Å². The van der Waals surface area contributed by atoms with Crippen LogP contribution in [0.3, 0.4) is 0 Å². The third-order valence-corrected chi connectivity index (χ3v) is 11.2. The van der Waals surface area contributed by atoms with E-state index < -0.39 is 44.5 Å². The summed E-state index contributed by atoms with van der Waals surface area (Å²) in [6.45, 7) is 14.1. The van der Waals surface area contributed by atoms with Crippen LogP contribution < -0.4 is 0 Å². The van der Waals surface area contributed by atoms with Gasteiger partial charge in [-0.3, -0.25) is 14.3 Å². The number of aromatic nitrogens is 2. The number of aliphatic hydroxyl groups is 1. The minimum absolute atomic E-state index is 0.0792. The van der Waals surface area contributed by atoms with Gasteiger partial charge in [0.1, 0.15) is 5.69 Å². The Labute approximate surface area is 184 Å². The zero-order valence-corrected chi connectivity index (χ0v) is 20.7. The Kier molecular flexibility index (Phi) is 7.19. The molecule has 2 heterocycles. The number of carbonyl (C=O) groups is 3. The van der Waals surface area contributed by atoms with Gasteiger partial charge in [0.15, 0.2) is 14.1 Å². The number of hydrogen-bond acceptors (Lipinski definition) is 6. The number of aliphatic carboxylic acids is 1. The SMILES string of the molecule is CCc1cc(C(=O)CC2C(C(C)O[Si](C)(C)C(C)(C)C)C(=O)N2C(O)C(=O)O)nn1C. The van der Waals surface area contributed by atoms with Crippen molar-refractivity contribution in [3.8, 4) is 0 Å². The molecular formula is C21H35N3O6Si. The Morgan fingerprint density at radius 2 is 1.90 bits per heavy atom. The molecule has 0 aromatic carbocycles. The van der Waals surface area contributed by atoms with E-state index >= 15 is 0 Å². The molecule has 9 nitrogen and oxygen atoms in total. The third-order valence-electron chi connectivity index (χ3n) is 6.61. The molecule has 2 rings (SSSR count). The van der Waals surface area contributed by atoms with Gasteiger partial charge in [-0.25, -0.2) is 4.79 Å². The summed E-state index contributed by atoms with van der Waals surface area (Å²) in [5, 5.41) is 23.4. The number of amides is 1. The van der Waals surface area contributed by atoms with Crippen LogP contribution >= 0.6 is 0 Å². The number of likely N-dealkylation sites (tertiary alicyclic amines) is 1. The quantitative estimate of drug-likeness (QED) is 0.334. The van der Waals surface area contributed by atoms with E-state index in [9.17, 15) is 24.6 Å². The molecule has 4 unspecified atom stereocenters. The standard InChI is InChI=1S/C21H35N3O6Si/c1-9-13-10-14(22-23(13)6)16(25)11-15-17(18(26)24(15)19(27)20(28)29)12(2)30-31(7,8)21(3,4)5/h10,12,15,17,19,27H,9,11H2,1-8H3,(H,28,29). The molecule has 1 amide bonds. The van der Waals surface area contributed by atoms with Crippen LogP contribution in [0.4, 0.5) is 0 Å². The minimum atomic E-state index is -2.21. The second kappa shape index (κ2) is 8.83. The van der Waals surface area contributed by atoms with E-state index in [0.717, 1.165) is 10.6 Å². The van der Waals surface area contributed by atoms with Crippen molar-refractivity contribution in [3.63, 3.8) is 0 Å². The Bertz CT molecular complexity index is 860. The molecule has 174 valence electrons. The number of carbonyl (C=O) groups excluding carboxylic acids is 2. The van der Waals surface area contributed by atoms with Crippen molar-refractivity contribution in [2.45, 2.75) is 84.0 Å². The van der Waals surface area contributed by atoms with Gasteiger partial charge in [-0.15, -0.1) is 0 Å². The van der Waals surface area contributed by atoms with Gasteiger partial charge in [0.25, 0.3) is 0 Å². The molecule has 1 aliphatic rings. The summed E-state index contributed by atoms with van der Waals surface area (Å²) in [7, 11) is -0.456. The number of ketones is 1. The van der Waals surface area contributed by atoms with Gasteiger partial charge in [-0.05, 0) is 37.5 Å². The maximum atomic E-state index is 12.9. The van der Waals surface area contributed by atoms with Crippen LogP contribution in [-0.4, -0.2) is 69.2 Å². The average Bonchev–Trinajstić information content (AvgIpc) is 3.00. The van der Waals surface area contributed by atoms with Crippen LogP contribution in [0.15, 0.2) is 6.07 Å². The number of carboxylic acids is 1. The van der Waals surface area contributed by atoms with Gasteiger partial charge in [-0.1, -0.05) is 27.7 Å². The fraction of sp³-hybridized carbons (Fsp3) is 0.714. The van der Waals surface area contributed by atoms with Crippen molar-refractivity contribution in [2.75, 3.05) is 0 Å². The molecule has 31 heavy (non-hydrogen) atoms. The largest absolute Gasteiger partial charge is 0.478 e. The van der Waals surface area contributed by atoms with Crippen molar-refractivity contribution in [1.29, 1.82) is 0 Å². The Hall–Kier alpha value is -2.04. The summed E-state index contributed by atoms with van der Waals surface area (Å²) in [5.74, 6) is -3.07. The topological polar surface area (TPSA) is 122 Å². The lowest BCUT2D eigenvalue weighted by Crippen LogP contribution is -2.70. The molecule has 0 saturated carbocycles. The van der Waals surface area contributed by atoms with Crippen molar-refractivity contribution in [1.82, 2.24) is 14.7 Å². The van der Waals surface area contributed by atoms with E-state index in [1.54, 1.807) is 24.7 Å². The van der Waals surface area contributed by atoms with E-state index in [-0.39, 0.29) is 22.9 Å². The molecule has 1 fully saturated rings. The number of β-lactam (4-membered cyclic amide) rings is 1. The first-order chi connectivity index (χ1) is 14.1. The molecular weight excluding hydrogens is 418 g/mol. The molecule has 1 aromatic heterocycles. The number of hydrogen-bond donors (Lipinski definition) is 2. The Morgan fingerprint density at radius 1 is 1.32 bits per heavy atom. The Morgan fingerprint density at radius 3 is 2.35 bits per heavy atom. The fourth-order valence-corrected chi connectivity index (χ4v) is 5.16. The van der Waals surface area contributed by atoms with Gasteiger partial charge in [-0.2, -0.15) is 5.10 Å². The lowest BCUT2D eigenvalue weighted by atomic mass is 9.80. The number of rotatable bonds is 9. The monoisotopic (exact) mass is 453 g/mol.